The van der Waals surface area contributed by atoms with Gasteiger partial charge in [0.25, 0.3) is 0 Å². The van der Waals surface area contributed by atoms with Crippen LogP contribution in [0.15, 0.2) is 30.5 Å². The van der Waals surface area contributed by atoms with Crippen molar-refractivity contribution >= 4 is 22.7 Å². The Kier molecular flexibility index (Phi) is 6.81. The van der Waals surface area contributed by atoms with Gasteiger partial charge in [-0.3, -0.25) is 9.88 Å². The number of nitrogens with two attached hydrogens (primary N) is 1. The Labute approximate surface area is 219 Å². The minimum absolute atomic E-state index is 0.125. The Balaban J connectivity index is 1.29. The molecule has 3 fully saturated rings. The minimum atomic E-state index is -0.396. The summed E-state index contributed by atoms with van der Waals surface area (Å²) in [4.78, 5) is 27.5. The summed E-state index contributed by atoms with van der Waals surface area (Å²) < 4.78 is 32.2. The number of rotatable bonds is 9. The molecule has 0 aromatic carbocycles. The molecule has 4 aliphatic rings. The van der Waals surface area contributed by atoms with Crippen molar-refractivity contribution in [2.75, 3.05) is 38.2 Å². The summed E-state index contributed by atoms with van der Waals surface area (Å²) in [5.41, 5.74) is 8.47. The summed E-state index contributed by atoms with van der Waals surface area (Å²) in [5.74, 6) is -0.0708. The monoisotopic (exact) mass is 522 g/mol. The van der Waals surface area contributed by atoms with E-state index in [2.05, 4.69) is 25.2 Å². The summed E-state index contributed by atoms with van der Waals surface area (Å²) in [6.07, 6.45) is 6.03. The van der Waals surface area contributed by atoms with Crippen LogP contribution in [-0.4, -0.2) is 70.3 Å². The highest BCUT2D eigenvalue weighted by atomic mass is 19.1. The number of nitrogens with one attached hydrogen (secondary N) is 1. The van der Waals surface area contributed by atoms with Gasteiger partial charge in [0.15, 0.2) is 0 Å². The third kappa shape index (κ3) is 4.89. The predicted octanol–water partition coefficient (Wildman–Crippen LogP) is 2.59. The fraction of sp³-hybridized carbons (Fsp3) is 0.481. The van der Waals surface area contributed by atoms with Crippen molar-refractivity contribution in [2.45, 2.75) is 50.3 Å². The zero-order valence-electron chi connectivity index (χ0n) is 21.1. The molecule has 11 heteroatoms. The van der Waals surface area contributed by atoms with E-state index in [-0.39, 0.29) is 18.1 Å². The minimum Gasteiger partial charge on any atom is -0.476 e. The molecule has 1 saturated carbocycles. The Morgan fingerprint density at radius 1 is 1.21 bits per heavy atom. The molecular formula is C27H31FN6O4. The second kappa shape index (κ2) is 10.4. The maximum atomic E-state index is 15.2. The molecule has 0 unspecified atom stereocenters. The lowest BCUT2D eigenvalue weighted by Crippen LogP contribution is -2.59. The van der Waals surface area contributed by atoms with Gasteiger partial charge < -0.3 is 25.3 Å². The summed E-state index contributed by atoms with van der Waals surface area (Å²) >= 11 is 0. The van der Waals surface area contributed by atoms with Gasteiger partial charge in [-0.05, 0) is 50.3 Å². The number of nitrogens with zero attached hydrogens (tertiary/aromatic N) is 4. The number of anilines is 1. The van der Waals surface area contributed by atoms with Crippen molar-refractivity contribution in [2.24, 2.45) is 5.73 Å². The van der Waals surface area contributed by atoms with Crippen LogP contribution in [0.25, 0.3) is 11.0 Å². The van der Waals surface area contributed by atoms with Crippen molar-refractivity contribution in [3.63, 3.8) is 0 Å². The van der Waals surface area contributed by atoms with Gasteiger partial charge in [-0.2, -0.15) is 0 Å². The van der Waals surface area contributed by atoms with Crippen molar-refractivity contribution in [3.05, 3.63) is 47.5 Å². The Bertz CT molecular complexity index is 1330. The average Bonchev–Trinajstić information content (AvgIpc) is 2.95. The molecule has 0 atom stereocenters. The number of fused-ring (bicyclic) bond motifs is 5. The molecule has 3 aliphatic heterocycles. The average molecular weight is 523 g/mol. The van der Waals surface area contributed by atoms with Gasteiger partial charge in [-0.1, -0.05) is 0 Å². The van der Waals surface area contributed by atoms with E-state index in [9.17, 15) is 4.79 Å². The number of carbonyl (C=O) groups is 1. The van der Waals surface area contributed by atoms with Crippen molar-refractivity contribution in [1.82, 2.24) is 19.9 Å². The molecule has 38 heavy (non-hydrogen) atoms. The molecule has 7 rings (SSSR count). The number of carbonyl (C=O) groups excluding carboxylic acids is 1. The van der Waals surface area contributed by atoms with Crippen LogP contribution < -0.4 is 20.5 Å². The molecule has 200 valence electrons. The highest BCUT2D eigenvalue weighted by Gasteiger charge is 2.45. The standard InChI is InChI=1S/C27H31FN6O4/c28-20-13-30-21-3-4-23(36-12-10-29)33-25(21)19(20)7-11-34(27-8-5-18(6-9-27)37-16-27)15-17-1-2-22-26(32-17)38-24(35)14-31-22/h1-4,13,18,31H,5-12,14-16,29H2. The van der Waals surface area contributed by atoms with E-state index < -0.39 is 5.82 Å². The van der Waals surface area contributed by atoms with Gasteiger partial charge >= 0.3 is 5.97 Å². The second-order valence-corrected chi connectivity index (χ2v) is 10.1. The molecule has 0 amide bonds. The van der Waals surface area contributed by atoms with E-state index in [1.807, 2.05) is 12.1 Å². The molecule has 2 bridgehead atoms. The maximum absolute atomic E-state index is 15.2. The van der Waals surface area contributed by atoms with Crippen LogP contribution in [0.3, 0.4) is 0 Å². The number of esters is 1. The zero-order valence-corrected chi connectivity index (χ0v) is 21.1. The van der Waals surface area contributed by atoms with E-state index >= 15 is 4.39 Å². The van der Waals surface area contributed by atoms with Crippen LogP contribution in [0.1, 0.15) is 36.9 Å². The summed E-state index contributed by atoms with van der Waals surface area (Å²) in [7, 11) is 0. The molecule has 2 saturated heterocycles. The number of ether oxygens (including phenoxy) is 3. The highest BCUT2D eigenvalue weighted by Crippen LogP contribution is 2.41. The van der Waals surface area contributed by atoms with Gasteiger partial charge in [0.05, 0.1) is 41.3 Å². The van der Waals surface area contributed by atoms with Gasteiger partial charge in [0, 0.05) is 36.8 Å². The molecule has 1 aliphatic carbocycles. The Morgan fingerprint density at radius 2 is 2.08 bits per heavy atom. The number of aromatic nitrogens is 3. The molecule has 10 nitrogen and oxygen atoms in total. The topological polar surface area (TPSA) is 125 Å². The van der Waals surface area contributed by atoms with E-state index in [0.29, 0.717) is 79.4 Å². The first kappa shape index (κ1) is 24.9. The summed E-state index contributed by atoms with van der Waals surface area (Å²) in [6.45, 7) is 2.53. The van der Waals surface area contributed by atoms with Crippen LogP contribution in [0.4, 0.5) is 10.1 Å². The van der Waals surface area contributed by atoms with Crippen molar-refractivity contribution in [1.29, 1.82) is 0 Å². The number of hydrogen-bond acceptors (Lipinski definition) is 10. The fourth-order valence-electron chi connectivity index (χ4n) is 5.70. The smallest absolute Gasteiger partial charge is 0.332 e. The Morgan fingerprint density at radius 3 is 2.87 bits per heavy atom. The zero-order chi connectivity index (χ0) is 26.1. The first-order valence-corrected chi connectivity index (χ1v) is 13.1. The van der Waals surface area contributed by atoms with E-state index in [0.717, 1.165) is 31.4 Å². The van der Waals surface area contributed by atoms with Crippen LogP contribution in [0.5, 0.6) is 11.8 Å². The van der Waals surface area contributed by atoms with Gasteiger partial charge in [-0.25, -0.2) is 19.2 Å². The third-order valence-corrected chi connectivity index (χ3v) is 7.77. The molecule has 0 spiro atoms. The largest absolute Gasteiger partial charge is 0.476 e. The molecule has 3 N–H and O–H groups in total. The summed E-state index contributed by atoms with van der Waals surface area (Å²) in [5, 5.41) is 3.03. The van der Waals surface area contributed by atoms with Crippen molar-refractivity contribution in [3.8, 4) is 11.8 Å². The first-order valence-electron chi connectivity index (χ1n) is 13.1. The van der Waals surface area contributed by atoms with Gasteiger partial charge in [0.1, 0.15) is 19.0 Å². The maximum Gasteiger partial charge on any atom is 0.332 e. The lowest BCUT2D eigenvalue weighted by molar-refractivity contribution is -0.138. The third-order valence-electron chi connectivity index (χ3n) is 7.77. The van der Waals surface area contributed by atoms with Crippen LogP contribution in [-0.2, 0) is 22.5 Å². The lowest BCUT2D eigenvalue weighted by atomic mass is 9.76. The second-order valence-electron chi connectivity index (χ2n) is 10.1. The first-order chi connectivity index (χ1) is 18.5. The summed E-state index contributed by atoms with van der Waals surface area (Å²) in [6, 6.07) is 7.33. The van der Waals surface area contributed by atoms with Crippen molar-refractivity contribution < 1.29 is 23.4 Å². The highest BCUT2D eigenvalue weighted by molar-refractivity contribution is 5.82. The Hall–Kier alpha value is -3.41. The van der Waals surface area contributed by atoms with Gasteiger partial charge in [-0.15, -0.1) is 0 Å². The van der Waals surface area contributed by atoms with Gasteiger partial charge in [0.2, 0.25) is 11.8 Å². The van der Waals surface area contributed by atoms with E-state index in [1.165, 1.54) is 6.20 Å². The van der Waals surface area contributed by atoms with Crippen LogP contribution in [0, 0.1) is 5.82 Å². The normalized spacial score (nSPS) is 22.3. The SMILES string of the molecule is NCCOc1ccc2ncc(F)c(CCN(Cc3ccc4c(n3)OC(=O)CN4)C34CCC(CC3)OC4)c2n1. The number of hydrogen-bond donors (Lipinski definition) is 2. The quantitative estimate of drug-likeness (QED) is 0.405. The predicted molar refractivity (Wildman–Crippen MR) is 137 cm³/mol. The van der Waals surface area contributed by atoms with E-state index in [1.54, 1.807) is 12.1 Å². The molecule has 6 heterocycles. The molecule has 3 aromatic heterocycles. The van der Waals surface area contributed by atoms with E-state index in [4.69, 9.17) is 19.9 Å². The lowest BCUT2D eigenvalue weighted by Gasteiger charge is -2.52. The number of halogens is 1. The molecule has 0 radical (unpaired) electrons. The molecule has 3 aromatic rings. The number of pyridine rings is 3. The fourth-order valence-corrected chi connectivity index (χ4v) is 5.70. The van der Waals surface area contributed by atoms with Crippen LogP contribution in [0.2, 0.25) is 0 Å². The van der Waals surface area contributed by atoms with Crippen LogP contribution >= 0.6 is 0 Å². The molecular weight excluding hydrogens is 491 g/mol.